The minimum Gasteiger partial charge on any atom is -0.496 e. The van der Waals surface area contributed by atoms with Gasteiger partial charge in [-0.15, -0.1) is 0 Å². The topological polar surface area (TPSA) is 76.1 Å². The smallest absolute Gasteiger partial charge is 0.254 e. The number of rotatable bonds is 8. The summed E-state index contributed by atoms with van der Waals surface area (Å²) in [5.41, 5.74) is 1.47. The number of nitrogens with zero attached hydrogens (tertiary/aromatic N) is 2. The van der Waals surface area contributed by atoms with E-state index in [9.17, 15) is 4.79 Å². The first-order valence-electron chi connectivity index (χ1n) is 8.06. The predicted molar refractivity (Wildman–Crippen MR) is 94.1 cm³/mol. The molecule has 0 aliphatic carbocycles. The number of hydrogen-bond acceptors (Lipinski definition) is 5. The van der Waals surface area contributed by atoms with Gasteiger partial charge in [-0.3, -0.25) is 4.79 Å². The molecule has 0 aliphatic heterocycles. The summed E-state index contributed by atoms with van der Waals surface area (Å²) in [6, 6.07) is 7.75. The molecule has 1 aromatic heterocycles. The van der Waals surface area contributed by atoms with E-state index in [1.165, 1.54) is 12.4 Å². The molecule has 6 nitrogen and oxygen atoms in total. The standard InChI is InChI=1S/C18H24N4O2/c1-13(2)8-9-19-17(23)15-11-21-18(22-12-15)20-10-14-6-4-5-7-16(14)24-3/h4-7,11-13H,8-10H2,1-3H3,(H,19,23)(H,20,21,22). The summed E-state index contributed by atoms with van der Waals surface area (Å²) in [4.78, 5) is 20.4. The van der Waals surface area contributed by atoms with Gasteiger partial charge in [0.05, 0.1) is 12.7 Å². The average Bonchev–Trinajstić information content (AvgIpc) is 2.60. The van der Waals surface area contributed by atoms with Crippen LogP contribution in [0.5, 0.6) is 5.75 Å². The lowest BCUT2D eigenvalue weighted by atomic mass is 10.1. The number of carbonyl (C=O) groups is 1. The van der Waals surface area contributed by atoms with Crippen molar-refractivity contribution in [1.82, 2.24) is 15.3 Å². The Balaban J connectivity index is 1.89. The summed E-state index contributed by atoms with van der Waals surface area (Å²) in [5, 5.41) is 5.99. The van der Waals surface area contributed by atoms with Crippen molar-refractivity contribution in [2.45, 2.75) is 26.8 Å². The van der Waals surface area contributed by atoms with Gasteiger partial charge in [0.2, 0.25) is 5.95 Å². The van der Waals surface area contributed by atoms with Crippen molar-refractivity contribution in [3.8, 4) is 5.75 Å². The molecule has 1 amide bonds. The maximum Gasteiger partial charge on any atom is 0.254 e. The third-order valence-corrected chi connectivity index (χ3v) is 3.55. The van der Waals surface area contributed by atoms with Crippen LogP contribution in [0.4, 0.5) is 5.95 Å². The monoisotopic (exact) mass is 328 g/mol. The van der Waals surface area contributed by atoms with Crippen LogP contribution >= 0.6 is 0 Å². The van der Waals surface area contributed by atoms with Crippen LogP contribution in [0.1, 0.15) is 36.2 Å². The van der Waals surface area contributed by atoms with Gasteiger partial charge in [0.25, 0.3) is 5.91 Å². The molecular formula is C18H24N4O2. The van der Waals surface area contributed by atoms with E-state index in [1.807, 2.05) is 24.3 Å². The highest BCUT2D eigenvalue weighted by atomic mass is 16.5. The van der Waals surface area contributed by atoms with Gasteiger partial charge in [-0.1, -0.05) is 32.0 Å². The minimum absolute atomic E-state index is 0.146. The number of hydrogen-bond donors (Lipinski definition) is 2. The van der Waals surface area contributed by atoms with Crippen LogP contribution in [0.3, 0.4) is 0 Å². The third-order valence-electron chi connectivity index (χ3n) is 3.55. The zero-order valence-corrected chi connectivity index (χ0v) is 14.4. The molecule has 2 aromatic rings. The van der Waals surface area contributed by atoms with E-state index in [2.05, 4.69) is 34.4 Å². The second-order valence-corrected chi connectivity index (χ2v) is 5.90. The quantitative estimate of drug-likeness (QED) is 0.779. The second-order valence-electron chi connectivity index (χ2n) is 5.90. The molecule has 0 radical (unpaired) electrons. The molecule has 0 aliphatic rings. The molecule has 128 valence electrons. The lowest BCUT2D eigenvalue weighted by Crippen LogP contribution is -2.25. The molecule has 2 N–H and O–H groups in total. The fourth-order valence-corrected chi connectivity index (χ4v) is 2.14. The number of nitrogens with one attached hydrogen (secondary N) is 2. The number of para-hydroxylation sites is 1. The molecule has 0 saturated heterocycles. The number of ether oxygens (including phenoxy) is 1. The predicted octanol–water partition coefficient (Wildman–Crippen LogP) is 2.87. The Kier molecular flexibility index (Phi) is 6.54. The number of methoxy groups -OCH3 is 1. The van der Waals surface area contributed by atoms with E-state index in [-0.39, 0.29) is 5.91 Å². The molecular weight excluding hydrogens is 304 g/mol. The molecule has 6 heteroatoms. The van der Waals surface area contributed by atoms with Crippen LogP contribution in [0.2, 0.25) is 0 Å². The maximum absolute atomic E-state index is 12.0. The highest BCUT2D eigenvalue weighted by molar-refractivity contribution is 5.93. The van der Waals surface area contributed by atoms with E-state index < -0.39 is 0 Å². The van der Waals surface area contributed by atoms with Crippen molar-refractivity contribution in [2.24, 2.45) is 5.92 Å². The molecule has 2 rings (SSSR count). The van der Waals surface area contributed by atoms with Gasteiger partial charge in [-0.25, -0.2) is 9.97 Å². The maximum atomic E-state index is 12.0. The fourth-order valence-electron chi connectivity index (χ4n) is 2.14. The molecule has 24 heavy (non-hydrogen) atoms. The Morgan fingerprint density at radius 1 is 1.21 bits per heavy atom. The van der Waals surface area contributed by atoms with E-state index in [4.69, 9.17) is 4.74 Å². The van der Waals surface area contributed by atoms with Gasteiger partial charge in [-0.2, -0.15) is 0 Å². The largest absolute Gasteiger partial charge is 0.496 e. The summed E-state index contributed by atoms with van der Waals surface area (Å²) < 4.78 is 5.30. The second kappa shape index (κ2) is 8.86. The van der Waals surface area contributed by atoms with E-state index in [1.54, 1.807) is 7.11 Å². The first kappa shape index (κ1) is 17.7. The first-order chi connectivity index (χ1) is 11.6. The normalized spacial score (nSPS) is 10.5. The molecule has 0 unspecified atom stereocenters. The van der Waals surface area contributed by atoms with Crippen molar-refractivity contribution in [3.63, 3.8) is 0 Å². The fraction of sp³-hybridized carbons (Fsp3) is 0.389. The van der Waals surface area contributed by atoms with Gasteiger partial charge in [0.15, 0.2) is 0 Å². The summed E-state index contributed by atoms with van der Waals surface area (Å²) in [5.74, 6) is 1.70. The van der Waals surface area contributed by atoms with Crippen LogP contribution in [0.15, 0.2) is 36.7 Å². The van der Waals surface area contributed by atoms with Crippen LogP contribution in [0.25, 0.3) is 0 Å². The molecule has 0 spiro atoms. The average molecular weight is 328 g/mol. The zero-order valence-electron chi connectivity index (χ0n) is 14.4. The van der Waals surface area contributed by atoms with Gasteiger partial charge >= 0.3 is 0 Å². The van der Waals surface area contributed by atoms with Crippen LogP contribution in [-0.4, -0.2) is 29.5 Å². The Labute approximate surface area is 142 Å². The summed E-state index contributed by atoms with van der Waals surface area (Å²) in [6.45, 7) is 5.45. The SMILES string of the molecule is COc1ccccc1CNc1ncc(C(=O)NCCC(C)C)cn1. The summed E-state index contributed by atoms with van der Waals surface area (Å²) in [6.07, 6.45) is 4.01. The number of carbonyl (C=O) groups excluding carboxylic acids is 1. The van der Waals surface area contributed by atoms with Crippen molar-refractivity contribution in [3.05, 3.63) is 47.8 Å². The van der Waals surface area contributed by atoms with Crippen molar-refractivity contribution < 1.29 is 9.53 Å². The number of amides is 1. The zero-order chi connectivity index (χ0) is 17.4. The van der Waals surface area contributed by atoms with Crippen molar-refractivity contribution >= 4 is 11.9 Å². The van der Waals surface area contributed by atoms with Crippen LogP contribution in [-0.2, 0) is 6.54 Å². The van der Waals surface area contributed by atoms with Gasteiger partial charge in [0.1, 0.15) is 5.75 Å². The first-order valence-corrected chi connectivity index (χ1v) is 8.06. The van der Waals surface area contributed by atoms with Crippen LogP contribution in [0, 0.1) is 5.92 Å². The summed E-state index contributed by atoms with van der Waals surface area (Å²) in [7, 11) is 1.64. The van der Waals surface area contributed by atoms with Crippen molar-refractivity contribution in [2.75, 3.05) is 19.0 Å². The Morgan fingerprint density at radius 3 is 2.58 bits per heavy atom. The molecule has 0 bridgehead atoms. The van der Waals surface area contributed by atoms with Gasteiger partial charge in [-0.05, 0) is 18.4 Å². The minimum atomic E-state index is -0.146. The Morgan fingerprint density at radius 2 is 1.92 bits per heavy atom. The Hall–Kier alpha value is -2.63. The number of benzene rings is 1. The lowest BCUT2D eigenvalue weighted by molar-refractivity contribution is 0.0951. The van der Waals surface area contributed by atoms with E-state index in [0.717, 1.165) is 17.7 Å². The van der Waals surface area contributed by atoms with E-state index >= 15 is 0 Å². The van der Waals surface area contributed by atoms with E-state index in [0.29, 0.717) is 30.5 Å². The molecule has 0 saturated carbocycles. The molecule has 1 aromatic carbocycles. The molecule has 0 atom stereocenters. The lowest BCUT2D eigenvalue weighted by Gasteiger charge is -2.10. The highest BCUT2D eigenvalue weighted by Gasteiger charge is 2.07. The Bertz CT molecular complexity index is 656. The number of anilines is 1. The van der Waals surface area contributed by atoms with Gasteiger partial charge < -0.3 is 15.4 Å². The summed E-state index contributed by atoms with van der Waals surface area (Å²) >= 11 is 0. The van der Waals surface area contributed by atoms with Gasteiger partial charge in [0, 0.05) is 31.0 Å². The third kappa shape index (κ3) is 5.22. The molecule has 0 fully saturated rings. The van der Waals surface area contributed by atoms with Crippen LogP contribution < -0.4 is 15.4 Å². The highest BCUT2D eigenvalue weighted by Crippen LogP contribution is 2.17. The number of aromatic nitrogens is 2. The van der Waals surface area contributed by atoms with Crippen molar-refractivity contribution in [1.29, 1.82) is 0 Å². The molecule has 1 heterocycles.